The van der Waals surface area contributed by atoms with Crippen LogP contribution in [-0.2, 0) is 30.7 Å². The van der Waals surface area contributed by atoms with E-state index in [0.29, 0.717) is 6.42 Å². The van der Waals surface area contributed by atoms with E-state index in [2.05, 4.69) is 0 Å². The Hall–Kier alpha value is -0.807. The van der Waals surface area contributed by atoms with E-state index < -0.39 is 18.3 Å². The molecular formula is C11H15NO4Rh. The maximum Gasteiger partial charge on any atom is 2.00 e. The molecule has 0 saturated carbocycles. The number of aliphatic hydroxyl groups is 1. The molecule has 0 saturated heterocycles. The van der Waals surface area contributed by atoms with Crippen molar-refractivity contribution in [2.75, 3.05) is 0 Å². The number of carbonyl (C=O) groups excluding carboxylic acids is 1. The maximum absolute atomic E-state index is 10.3. The molecular weight excluding hydrogens is 313 g/mol. The van der Waals surface area contributed by atoms with Crippen LogP contribution in [0.3, 0.4) is 0 Å². The van der Waals surface area contributed by atoms with Crippen LogP contribution in [0.4, 0.5) is 0 Å². The van der Waals surface area contributed by atoms with Crippen molar-refractivity contribution in [1.82, 2.24) is 0 Å². The minimum absolute atomic E-state index is 0. The van der Waals surface area contributed by atoms with E-state index >= 15 is 0 Å². The molecule has 1 unspecified atom stereocenters. The average molecular weight is 328 g/mol. The summed E-state index contributed by atoms with van der Waals surface area (Å²) in [6, 6.07) is 8.32. The van der Waals surface area contributed by atoms with Gasteiger partial charge in [0.1, 0.15) is 0 Å². The molecule has 1 aromatic rings. The van der Waals surface area contributed by atoms with E-state index in [1.165, 1.54) is 6.92 Å². The first-order chi connectivity index (χ1) is 7.43. The minimum Gasteiger partial charge on any atom is -0.831 e. The number of carboxylic acids is 1. The van der Waals surface area contributed by atoms with Gasteiger partial charge in [0, 0.05) is 6.04 Å². The molecule has 0 bridgehead atoms. The fourth-order valence-electron chi connectivity index (χ4n) is 0.951. The molecule has 97 valence electrons. The molecule has 2 atom stereocenters. The Labute approximate surface area is 113 Å². The van der Waals surface area contributed by atoms with Gasteiger partial charge in [0.25, 0.3) is 0 Å². The number of rotatable bonds is 3. The third kappa shape index (κ3) is 11.5. The van der Waals surface area contributed by atoms with Crippen LogP contribution in [0.15, 0.2) is 30.3 Å². The topological polar surface area (TPSA) is 109 Å². The summed E-state index contributed by atoms with van der Waals surface area (Å²) in [6.45, 7) is 1.17. The molecule has 1 rings (SSSR count). The van der Waals surface area contributed by atoms with Crippen LogP contribution in [0.2, 0.25) is 0 Å². The van der Waals surface area contributed by atoms with Crippen molar-refractivity contribution in [3.05, 3.63) is 35.9 Å². The molecule has 5 nitrogen and oxygen atoms in total. The Morgan fingerprint density at radius 1 is 1.41 bits per heavy atom. The van der Waals surface area contributed by atoms with Crippen LogP contribution < -0.4 is 15.9 Å². The van der Waals surface area contributed by atoms with Crippen LogP contribution in [0, 0.1) is 0 Å². The Bertz CT molecular complexity index is 303. The molecule has 6 heteroatoms. The van der Waals surface area contributed by atoms with Gasteiger partial charge in [-0.25, -0.2) is 0 Å². The number of carbonyl (C=O) groups is 1. The Morgan fingerprint density at radius 3 is 2.18 bits per heavy atom. The van der Waals surface area contributed by atoms with Crippen molar-refractivity contribution in [3.8, 4) is 0 Å². The number of benzene rings is 1. The number of aliphatic carboxylic acids is 1. The monoisotopic (exact) mass is 328 g/mol. The molecule has 17 heavy (non-hydrogen) atoms. The minimum atomic E-state index is -1.42. The Balaban J connectivity index is 0. The van der Waals surface area contributed by atoms with Gasteiger partial charge in [-0.05, 0) is 18.3 Å². The molecule has 0 aromatic heterocycles. The van der Waals surface area contributed by atoms with Gasteiger partial charge in [-0.15, -0.1) is 0 Å². The van der Waals surface area contributed by atoms with E-state index in [1.807, 2.05) is 30.3 Å². The molecule has 0 spiro atoms. The summed E-state index contributed by atoms with van der Waals surface area (Å²) in [5, 5.41) is 26.9. The third-order valence-electron chi connectivity index (χ3n) is 1.60. The Kier molecular flexibility index (Phi) is 11.3. The van der Waals surface area contributed by atoms with Gasteiger partial charge < -0.3 is 25.8 Å². The van der Waals surface area contributed by atoms with Gasteiger partial charge in [0.15, 0.2) is 0 Å². The van der Waals surface area contributed by atoms with Crippen molar-refractivity contribution in [1.29, 1.82) is 0 Å². The second kappa shape index (κ2) is 10.4. The molecule has 1 radical (unpaired) electrons. The summed E-state index contributed by atoms with van der Waals surface area (Å²) in [4.78, 5) is 10.3. The van der Waals surface area contributed by atoms with Crippen molar-refractivity contribution in [3.63, 3.8) is 0 Å². The van der Waals surface area contributed by atoms with Crippen molar-refractivity contribution < 1.29 is 39.6 Å². The smallest absolute Gasteiger partial charge is 0.831 e. The van der Waals surface area contributed by atoms with Gasteiger partial charge in [-0.2, -0.15) is 0 Å². The summed E-state index contributed by atoms with van der Waals surface area (Å²) in [5.41, 5.74) is 6.20. The fraction of sp³-hybridized carbons (Fsp3) is 0.364. The number of hydrogen-bond acceptors (Lipinski definition) is 5. The van der Waals surface area contributed by atoms with E-state index in [1.54, 1.807) is 0 Å². The predicted molar refractivity (Wildman–Crippen MR) is 54.8 cm³/mol. The van der Waals surface area contributed by atoms with Crippen LogP contribution in [0.25, 0.3) is 0 Å². The van der Waals surface area contributed by atoms with Gasteiger partial charge in [0.05, 0.1) is 5.97 Å². The van der Waals surface area contributed by atoms with Gasteiger partial charge >= 0.3 is 19.5 Å². The molecule has 1 aromatic carbocycles. The third-order valence-corrected chi connectivity index (χ3v) is 1.60. The summed E-state index contributed by atoms with van der Waals surface area (Å²) < 4.78 is 0. The van der Waals surface area contributed by atoms with E-state index in [9.17, 15) is 9.90 Å². The molecule has 0 aliphatic carbocycles. The molecule has 0 amide bonds. The molecule has 3 N–H and O–H groups in total. The van der Waals surface area contributed by atoms with Crippen molar-refractivity contribution >= 4 is 5.97 Å². The van der Waals surface area contributed by atoms with Crippen LogP contribution in [-0.4, -0.2) is 23.4 Å². The van der Waals surface area contributed by atoms with Crippen molar-refractivity contribution in [2.24, 2.45) is 5.73 Å². The van der Waals surface area contributed by atoms with Gasteiger partial charge in [0.2, 0.25) is 0 Å². The fourth-order valence-corrected chi connectivity index (χ4v) is 0.951. The summed E-state index contributed by atoms with van der Waals surface area (Å²) >= 11 is 0. The first-order valence-corrected chi connectivity index (χ1v) is 4.77. The van der Waals surface area contributed by atoms with Crippen molar-refractivity contribution in [2.45, 2.75) is 25.7 Å². The quantitative estimate of drug-likeness (QED) is 0.492. The largest absolute Gasteiger partial charge is 2.00 e. The zero-order valence-electron chi connectivity index (χ0n) is 9.33. The zero-order chi connectivity index (χ0) is 12.6. The zero-order valence-corrected chi connectivity index (χ0v) is 11.0. The van der Waals surface area contributed by atoms with Gasteiger partial charge in [-0.3, -0.25) is 0 Å². The number of aliphatic hydroxyl groups excluding tert-OH is 1. The van der Waals surface area contributed by atoms with Crippen LogP contribution >= 0.6 is 0 Å². The van der Waals surface area contributed by atoms with Gasteiger partial charge in [-0.1, -0.05) is 37.3 Å². The summed E-state index contributed by atoms with van der Waals surface area (Å²) in [6.07, 6.45) is -1.09. The second-order valence-corrected chi connectivity index (χ2v) is 3.21. The van der Waals surface area contributed by atoms with Crippen LogP contribution in [0.5, 0.6) is 0 Å². The first-order valence-electron chi connectivity index (χ1n) is 4.77. The predicted octanol–water partition coefficient (Wildman–Crippen LogP) is -2.01. The standard InChI is InChI=1S/C9H11NO2.C2H5O2.Rh/c10-8(9(11)12)6-7-4-2-1-3-5-7;1-2(3)4;/h1-5,8H,6,10H2,(H,11,12);2-3H,1H3;/q;-1;+2/p-1/t8-;;/m0../s1. The average Bonchev–Trinajstić information content (AvgIpc) is 2.18. The summed E-state index contributed by atoms with van der Waals surface area (Å²) in [5.74, 6) is -1.21. The second-order valence-electron chi connectivity index (χ2n) is 3.21. The normalized spacial score (nSPS) is 12.5. The number of nitrogens with two attached hydrogens (primary N) is 1. The molecule has 0 fully saturated rings. The molecule has 0 aliphatic heterocycles. The van der Waals surface area contributed by atoms with E-state index in [-0.39, 0.29) is 19.5 Å². The number of hydrogen-bond donors (Lipinski definition) is 2. The SMILES string of the molecule is CC([O-])O.N[C@@H](Cc1ccccc1)C(=O)[O-].[Rh+2]. The van der Waals surface area contributed by atoms with E-state index in [4.69, 9.17) is 15.9 Å². The molecule has 0 aliphatic rings. The van der Waals surface area contributed by atoms with Crippen LogP contribution in [0.1, 0.15) is 12.5 Å². The maximum atomic E-state index is 10.3. The number of carboxylic acid groups (broad SMARTS) is 1. The first kappa shape index (κ1) is 18.6. The summed E-state index contributed by atoms with van der Waals surface area (Å²) in [7, 11) is 0. The van der Waals surface area contributed by atoms with E-state index in [0.717, 1.165) is 5.56 Å². The Morgan fingerprint density at radius 2 is 1.82 bits per heavy atom. The molecule has 0 heterocycles.